The number of fused-ring (bicyclic) bond motifs is 1. The summed E-state index contributed by atoms with van der Waals surface area (Å²) in [5.41, 5.74) is 5.89. The predicted octanol–water partition coefficient (Wildman–Crippen LogP) is 4.11. The van der Waals surface area contributed by atoms with Crippen LogP contribution in [-0.2, 0) is 6.42 Å². The highest BCUT2D eigenvalue weighted by Gasteiger charge is 2.27. The summed E-state index contributed by atoms with van der Waals surface area (Å²) in [4.78, 5) is 38.9. The number of carbonyl (C=O) groups is 1. The predicted molar refractivity (Wildman–Crippen MR) is 125 cm³/mol. The molecule has 0 aliphatic heterocycles. The first-order valence-electron chi connectivity index (χ1n) is 10.1. The third kappa shape index (κ3) is 5.19. The SMILES string of the molecule is COn1c(=O)c(-c2cc(NC(=O)c3cccc(CC(F)(F)F)c3)ccc2Cl)cc2cnc(N)nc21. The van der Waals surface area contributed by atoms with E-state index in [1.165, 1.54) is 61.8 Å². The summed E-state index contributed by atoms with van der Waals surface area (Å²) in [7, 11) is 1.29. The molecule has 0 bridgehead atoms. The number of halogens is 4. The third-order valence-corrected chi connectivity index (χ3v) is 5.34. The van der Waals surface area contributed by atoms with Crippen molar-refractivity contribution < 1.29 is 22.8 Å². The molecule has 0 saturated carbocycles. The van der Waals surface area contributed by atoms with Crippen LogP contribution < -0.4 is 21.4 Å². The zero-order valence-corrected chi connectivity index (χ0v) is 18.8. The second-order valence-corrected chi connectivity index (χ2v) is 7.90. The summed E-state index contributed by atoms with van der Waals surface area (Å²) in [5.74, 6) is -0.670. The molecule has 2 aromatic carbocycles. The van der Waals surface area contributed by atoms with Crippen molar-refractivity contribution in [3.63, 3.8) is 0 Å². The van der Waals surface area contributed by atoms with Gasteiger partial charge in [0.1, 0.15) is 7.11 Å². The number of hydrogen-bond donors (Lipinski definition) is 2. The van der Waals surface area contributed by atoms with Crippen LogP contribution in [0.4, 0.5) is 24.8 Å². The number of hydrogen-bond acceptors (Lipinski definition) is 6. The van der Waals surface area contributed by atoms with E-state index in [0.717, 1.165) is 4.73 Å². The number of nitrogen functional groups attached to an aromatic ring is 1. The van der Waals surface area contributed by atoms with E-state index in [1.54, 1.807) is 0 Å². The molecule has 0 unspecified atom stereocenters. The number of nitrogens with one attached hydrogen (secondary N) is 1. The van der Waals surface area contributed by atoms with E-state index in [9.17, 15) is 22.8 Å². The highest BCUT2D eigenvalue weighted by molar-refractivity contribution is 6.33. The quantitative estimate of drug-likeness (QED) is 0.424. The lowest BCUT2D eigenvalue weighted by Crippen LogP contribution is -2.27. The van der Waals surface area contributed by atoms with Gasteiger partial charge in [-0.25, -0.2) is 4.98 Å². The number of nitrogens with two attached hydrogens (primary N) is 1. The molecule has 2 aromatic heterocycles. The van der Waals surface area contributed by atoms with Gasteiger partial charge in [0.2, 0.25) is 5.95 Å². The van der Waals surface area contributed by atoms with Gasteiger partial charge in [0.25, 0.3) is 11.5 Å². The van der Waals surface area contributed by atoms with Crippen molar-refractivity contribution in [3.05, 3.63) is 81.2 Å². The van der Waals surface area contributed by atoms with E-state index in [-0.39, 0.29) is 44.6 Å². The number of nitrogens with zero attached hydrogens (tertiary/aromatic N) is 3. The fraction of sp³-hybridized carbons (Fsp3) is 0.130. The molecule has 0 radical (unpaired) electrons. The lowest BCUT2D eigenvalue weighted by Gasteiger charge is -2.13. The summed E-state index contributed by atoms with van der Waals surface area (Å²) < 4.78 is 39.1. The first-order chi connectivity index (χ1) is 16.6. The molecule has 4 rings (SSSR count). The van der Waals surface area contributed by atoms with Crippen LogP contribution in [0, 0.1) is 0 Å². The summed E-state index contributed by atoms with van der Waals surface area (Å²) in [5, 5.41) is 3.28. The van der Waals surface area contributed by atoms with Gasteiger partial charge in [-0.3, -0.25) is 9.59 Å². The lowest BCUT2D eigenvalue weighted by atomic mass is 10.0. The van der Waals surface area contributed by atoms with E-state index in [1.807, 2.05) is 0 Å². The topological polar surface area (TPSA) is 112 Å². The molecule has 8 nitrogen and oxygen atoms in total. The van der Waals surface area contributed by atoms with Gasteiger partial charge in [0.15, 0.2) is 5.65 Å². The summed E-state index contributed by atoms with van der Waals surface area (Å²) >= 11 is 6.35. The Morgan fingerprint density at radius 3 is 2.66 bits per heavy atom. The van der Waals surface area contributed by atoms with Crippen LogP contribution in [0.1, 0.15) is 15.9 Å². The Kier molecular flexibility index (Phi) is 6.35. The standard InChI is InChI=1S/C23H17ClF3N5O3/c1-35-32-19-14(11-29-22(28)31-19)8-17(21(32)34)16-9-15(5-6-18(16)24)30-20(33)13-4-2-3-12(7-13)10-23(25,26)27/h2-9,11H,10H2,1H3,(H,30,33)(H2,28,29,31). The molecule has 0 aliphatic carbocycles. The molecule has 0 aliphatic rings. The molecule has 180 valence electrons. The number of benzene rings is 2. The highest BCUT2D eigenvalue weighted by atomic mass is 35.5. The molecule has 4 aromatic rings. The van der Waals surface area contributed by atoms with Gasteiger partial charge in [0, 0.05) is 33.4 Å². The van der Waals surface area contributed by atoms with E-state index in [0.29, 0.717) is 5.39 Å². The molecule has 1 amide bonds. The zero-order chi connectivity index (χ0) is 25.3. The van der Waals surface area contributed by atoms with E-state index < -0.39 is 24.1 Å². The maximum Gasteiger partial charge on any atom is 0.393 e. The Morgan fingerprint density at radius 2 is 1.94 bits per heavy atom. The third-order valence-electron chi connectivity index (χ3n) is 5.01. The van der Waals surface area contributed by atoms with Crippen molar-refractivity contribution in [1.82, 2.24) is 14.7 Å². The molecule has 3 N–H and O–H groups in total. The number of pyridine rings is 1. The Balaban J connectivity index is 1.70. The Labute approximate surface area is 201 Å². The normalized spacial score (nSPS) is 11.5. The fourth-order valence-corrected chi connectivity index (χ4v) is 3.73. The number of amides is 1. The number of alkyl halides is 3. The molecule has 0 fully saturated rings. The average molecular weight is 504 g/mol. The van der Waals surface area contributed by atoms with Crippen molar-refractivity contribution in [1.29, 1.82) is 0 Å². The number of carbonyl (C=O) groups excluding carboxylic acids is 1. The van der Waals surface area contributed by atoms with E-state index >= 15 is 0 Å². The zero-order valence-electron chi connectivity index (χ0n) is 18.1. The smallest absolute Gasteiger partial charge is 0.393 e. The van der Waals surface area contributed by atoms with Crippen LogP contribution in [0.2, 0.25) is 5.02 Å². The molecule has 35 heavy (non-hydrogen) atoms. The fourth-order valence-electron chi connectivity index (χ4n) is 3.51. The van der Waals surface area contributed by atoms with Crippen LogP contribution in [-0.4, -0.2) is 33.9 Å². The summed E-state index contributed by atoms with van der Waals surface area (Å²) in [6.07, 6.45) is -4.13. The van der Waals surface area contributed by atoms with Crippen LogP contribution in [0.25, 0.3) is 22.2 Å². The van der Waals surface area contributed by atoms with Crippen molar-refractivity contribution in [2.75, 3.05) is 18.2 Å². The molecule has 0 saturated heterocycles. The minimum absolute atomic E-state index is 0.0407. The second kappa shape index (κ2) is 9.26. The summed E-state index contributed by atoms with van der Waals surface area (Å²) in [6.45, 7) is 0. The molecular weight excluding hydrogens is 487 g/mol. The minimum atomic E-state index is -4.40. The van der Waals surface area contributed by atoms with Crippen molar-refractivity contribution in [2.24, 2.45) is 0 Å². The first-order valence-corrected chi connectivity index (χ1v) is 10.4. The number of rotatable bonds is 5. The van der Waals surface area contributed by atoms with Crippen molar-refractivity contribution in [3.8, 4) is 11.1 Å². The summed E-state index contributed by atoms with van der Waals surface area (Å²) in [6, 6.07) is 11.2. The second-order valence-electron chi connectivity index (χ2n) is 7.49. The van der Waals surface area contributed by atoms with Gasteiger partial charge >= 0.3 is 6.18 Å². The van der Waals surface area contributed by atoms with Gasteiger partial charge in [-0.15, -0.1) is 4.73 Å². The molecule has 2 heterocycles. The Morgan fingerprint density at radius 1 is 1.17 bits per heavy atom. The van der Waals surface area contributed by atoms with Crippen LogP contribution in [0.5, 0.6) is 0 Å². The number of aromatic nitrogens is 3. The highest BCUT2D eigenvalue weighted by Crippen LogP contribution is 2.30. The van der Waals surface area contributed by atoms with Crippen LogP contribution in [0.3, 0.4) is 0 Å². The van der Waals surface area contributed by atoms with Crippen LogP contribution in [0.15, 0.2) is 59.5 Å². The largest absolute Gasteiger partial charge is 0.412 e. The number of anilines is 2. The van der Waals surface area contributed by atoms with Gasteiger partial charge in [-0.05, 0) is 42.0 Å². The van der Waals surface area contributed by atoms with E-state index in [2.05, 4.69) is 15.3 Å². The average Bonchev–Trinajstić information content (AvgIpc) is 2.79. The van der Waals surface area contributed by atoms with E-state index in [4.69, 9.17) is 22.2 Å². The van der Waals surface area contributed by atoms with Gasteiger partial charge in [-0.1, -0.05) is 23.7 Å². The lowest BCUT2D eigenvalue weighted by molar-refractivity contribution is -0.127. The molecule has 0 atom stereocenters. The maximum atomic E-state index is 13.1. The van der Waals surface area contributed by atoms with Gasteiger partial charge in [-0.2, -0.15) is 18.2 Å². The first kappa shape index (κ1) is 24.0. The minimum Gasteiger partial charge on any atom is -0.412 e. The molecular formula is C23H17ClF3N5O3. The van der Waals surface area contributed by atoms with Crippen molar-refractivity contribution >= 4 is 40.2 Å². The monoisotopic (exact) mass is 503 g/mol. The molecule has 12 heteroatoms. The Hall–Kier alpha value is -4.12. The van der Waals surface area contributed by atoms with Gasteiger partial charge in [0.05, 0.1) is 12.0 Å². The maximum absolute atomic E-state index is 13.1. The van der Waals surface area contributed by atoms with Crippen molar-refractivity contribution in [2.45, 2.75) is 12.6 Å². The Bertz CT molecular complexity index is 1500. The van der Waals surface area contributed by atoms with Gasteiger partial charge < -0.3 is 15.9 Å². The molecule has 0 spiro atoms. The van der Waals surface area contributed by atoms with Crippen LogP contribution >= 0.6 is 11.6 Å².